The van der Waals surface area contributed by atoms with Gasteiger partial charge in [0.25, 0.3) is 0 Å². The van der Waals surface area contributed by atoms with Crippen LogP contribution < -0.4 is 0 Å². The molecule has 1 saturated carbocycles. The van der Waals surface area contributed by atoms with E-state index in [0.29, 0.717) is 0 Å². The zero-order valence-electron chi connectivity index (χ0n) is 12.5. The number of hydrogen-bond donors (Lipinski definition) is 1. The first-order valence-corrected chi connectivity index (χ1v) is 7.62. The molecule has 1 unspecified atom stereocenters. The van der Waals surface area contributed by atoms with Gasteiger partial charge in [-0.15, -0.1) is 5.92 Å². The molecule has 112 valence electrons. The maximum absolute atomic E-state index is 12.4. The van der Waals surface area contributed by atoms with Gasteiger partial charge < -0.3 is 14.7 Å². The van der Waals surface area contributed by atoms with Crippen molar-refractivity contribution < 1.29 is 14.6 Å². The molecule has 0 aromatic carbocycles. The smallest absolute Gasteiger partial charge is 0.351 e. The predicted molar refractivity (Wildman–Crippen MR) is 77.0 cm³/mol. The molecule has 0 bridgehead atoms. The average molecular weight is 279 g/mol. The van der Waals surface area contributed by atoms with Gasteiger partial charge in [-0.3, -0.25) is 0 Å². The van der Waals surface area contributed by atoms with Gasteiger partial charge in [0, 0.05) is 19.0 Å². The highest BCUT2D eigenvalue weighted by molar-refractivity contribution is 5.84. The van der Waals surface area contributed by atoms with E-state index in [-0.39, 0.29) is 12.0 Å². The second-order valence-corrected chi connectivity index (χ2v) is 6.03. The van der Waals surface area contributed by atoms with Gasteiger partial charge >= 0.3 is 5.97 Å². The molecule has 2 aliphatic rings. The molecule has 4 nitrogen and oxygen atoms in total. The van der Waals surface area contributed by atoms with Crippen molar-refractivity contribution in [2.75, 3.05) is 20.1 Å². The van der Waals surface area contributed by atoms with Crippen LogP contribution in [-0.2, 0) is 9.53 Å². The zero-order valence-corrected chi connectivity index (χ0v) is 12.5. The van der Waals surface area contributed by atoms with Gasteiger partial charge in [0.15, 0.2) is 0 Å². The maximum Gasteiger partial charge on any atom is 0.351 e. The fourth-order valence-corrected chi connectivity index (χ4v) is 3.20. The molecule has 0 aromatic heterocycles. The largest absolute Gasteiger partial charge is 0.459 e. The van der Waals surface area contributed by atoms with Crippen molar-refractivity contribution in [3.8, 4) is 11.8 Å². The van der Waals surface area contributed by atoms with Crippen LogP contribution in [0.25, 0.3) is 0 Å². The molecule has 1 aliphatic heterocycles. The van der Waals surface area contributed by atoms with Crippen LogP contribution in [0.2, 0.25) is 0 Å². The first-order chi connectivity index (χ1) is 9.56. The second kappa shape index (κ2) is 6.60. The van der Waals surface area contributed by atoms with Crippen LogP contribution in [0.3, 0.4) is 0 Å². The second-order valence-electron chi connectivity index (χ2n) is 6.03. The molecule has 1 aliphatic carbocycles. The number of piperidine rings is 1. The van der Waals surface area contributed by atoms with Crippen LogP contribution >= 0.6 is 0 Å². The van der Waals surface area contributed by atoms with Gasteiger partial charge in [-0.25, -0.2) is 4.79 Å². The Morgan fingerprint density at radius 3 is 2.40 bits per heavy atom. The van der Waals surface area contributed by atoms with Crippen molar-refractivity contribution in [3.63, 3.8) is 0 Å². The topological polar surface area (TPSA) is 49.8 Å². The van der Waals surface area contributed by atoms with Gasteiger partial charge in [-0.1, -0.05) is 18.8 Å². The quantitative estimate of drug-likeness (QED) is 0.629. The van der Waals surface area contributed by atoms with Crippen molar-refractivity contribution in [3.05, 3.63) is 0 Å². The molecule has 1 N–H and O–H groups in total. The number of esters is 1. The Bertz CT molecular complexity index is 398. The molecule has 0 aromatic rings. The zero-order chi connectivity index (χ0) is 14.6. The molecular weight excluding hydrogens is 254 g/mol. The highest BCUT2D eigenvalue weighted by Gasteiger charge is 2.46. The lowest BCUT2D eigenvalue weighted by atomic mass is 9.86. The molecule has 2 rings (SSSR count). The Labute approximate surface area is 121 Å². The molecule has 1 heterocycles. The molecular formula is C16H25NO3. The number of aliphatic hydroxyl groups is 1. The number of carbonyl (C=O) groups excluding carboxylic acids is 1. The number of hydrogen-bond acceptors (Lipinski definition) is 4. The van der Waals surface area contributed by atoms with Gasteiger partial charge in [-0.05, 0) is 39.7 Å². The van der Waals surface area contributed by atoms with E-state index < -0.39 is 11.6 Å². The summed E-state index contributed by atoms with van der Waals surface area (Å²) in [5.41, 5.74) is -1.60. The molecule has 2 fully saturated rings. The van der Waals surface area contributed by atoms with E-state index >= 15 is 0 Å². The summed E-state index contributed by atoms with van der Waals surface area (Å²) in [6.45, 7) is 3.52. The summed E-state index contributed by atoms with van der Waals surface area (Å²) in [6.07, 6.45) is 5.41. The minimum atomic E-state index is -1.60. The van der Waals surface area contributed by atoms with Gasteiger partial charge in [-0.2, -0.15) is 0 Å². The number of likely N-dealkylation sites (tertiary alicyclic amines) is 1. The van der Waals surface area contributed by atoms with Gasteiger partial charge in [0.1, 0.15) is 6.10 Å². The Morgan fingerprint density at radius 1 is 1.25 bits per heavy atom. The van der Waals surface area contributed by atoms with Crippen LogP contribution in [-0.4, -0.2) is 47.8 Å². The van der Waals surface area contributed by atoms with E-state index in [1.807, 2.05) is 0 Å². The van der Waals surface area contributed by atoms with Crippen molar-refractivity contribution in [2.24, 2.45) is 5.92 Å². The summed E-state index contributed by atoms with van der Waals surface area (Å²) in [5, 5.41) is 10.7. The number of rotatable bonds is 3. The highest BCUT2D eigenvalue weighted by Crippen LogP contribution is 2.35. The maximum atomic E-state index is 12.4. The molecule has 20 heavy (non-hydrogen) atoms. The number of carbonyl (C=O) groups is 1. The summed E-state index contributed by atoms with van der Waals surface area (Å²) < 4.78 is 5.55. The Hall–Kier alpha value is -1.05. The highest BCUT2D eigenvalue weighted by atomic mass is 16.6. The minimum Gasteiger partial charge on any atom is -0.459 e. The fourth-order valence-electron chi connectivity index (χ4n) is 3.20. The summed E-state index contributed by atoms with van der Waals surface area (Å²) in [7, 11) is 2.06. The lowest BCUT2D eigenvalue weighted by Gasteiger charge is -2.32. The molecule has 4 heteroatoms. The summed E-state index contributed by atoms with van der Waals surface area (Å²) in [6, 6.07) is 0. The van der Waals surface area contributed by atoms with Crippen molar-refractivity contribution in [1.82, 2.24) is 4.90 Å². The summed E-state index contributed by atoms with van der Waals surface area (Å²) in [4.78, 5) is 14.6. The van der Waals surface area contributed by atoms with Crippen LogP contribution in [0.5, 0.6) is 0 Å². The Kier molecular flexibility index (Phi) is 5.06. The standard InChI is InChI=1S/C16H25NO3/c1-3-10-16(19,13-6-4-5-7-13)15(18)20-14-8-11-17(2)12-9-14/h13-14,19H,4-9,11-12H2,1-2H3. The van der Waals surface area contributed by atoms with E-state index in [4.69, 9.17) is 4.74 Å². The lowest BCUT2D eigenvalue weighted by Crippen LogP contribution is -2.47. The third-order valence-corrected chi connectivity index (χ3v) is 4.51. The van der Waals surface area contributed by atoms with E-state index in [1.54, 1.807) is 6.92 Å². The van der Waals surface area contributed by atoms with Crippen molar-refractivity contribution >= 4 is 5.97 Å². The third-order valence-electron chi connectivity index (χ3n) is 4.51. The first-order valence-electron chi connectivity index (χ1n) is 7.62. The number of nitrogens with zero attached hydrogens (tertiary/aromatic N) is 1. The number of ether oxygens (including phenoxy) is 1. The SMILES string of the molecule is CC#CC(O)(C(=O)OC1CCN(C)CC1)C1CCCC1. The average Bonchev–Trinajstić information content (AvgIpc) is 2.96. The van der Waals surface area contributed by atoms with Crippen LogP contribution in [0.15, 0.2) is 0 Å². The fraction of sp³-hybridized carbons (Fsp3) is 0.812. The third kappa shape index (κ3) is 3.34. The predicted octanol–water partition coefficient (Wildman–Crippen LogP) is 1.57. The molecule has 0 radical (unpaired) electrons. The van der Waals surface area contributed by atoms with E-state index in [9.17, 15) is 9.90 Å². The summed E-state index contributed by atoms with van der Waals surface area (Å²) in [5.74, 6) is 4.81. The van der Waals surface area contributed by atoms with Crippen molar-refractivity contribution in [1.29, 1.82) is 0 Å². The van der Waals surface area contributed by atoms with Crippen molar-refractivity contribution in [2.45, 2.75) is 57.2 Å². The monoisotopic (exact) mass is 279 g/mol. The van der Waals surface area contributed by atoms with E-state index in [0.717, 1.165) is 51.6 Å². The van der Waals surface area contributed by atoms with Crippen LogP contribution in [0.4, 0.5) is 0 Å². The van der Waals surface area contributed by atoms with Crippen LogP contribution in [0.1, 0.15) is 45.4 Å². The lowest BCUT2D eigenvalue weighted by molar-refractivity contribution is -0.171. The Morgan fingerprint density at radius 2 is 1.85 bits per heavy atom. The molecule has 0 spiro atoms. The molecule has 0 amide bonds. The minimum absolute atomic E-state index is 0.0753. The normalized spacial score (nSPS) is 24.8. The Balaban J connectivity index is 2.01. The summed E-state index contributed by atoms with van der Waals surface area (Å²) >= 11 is 0. The van der Waals surface area contributed by atoms with Gasteiger partial charge in [0.2, 0.25) is 5.60 Å². The molecule has 1 saturated heterocycles. The van der Waals surface area contributed by atoms with Crippen LogP contribution in [0, 0.1) is 17.8 Å². The van der Waals surface area contributed by atoms with E-state index in [2.05, 4.69) is 23.8 Å². The molecule has 1 atom stereocenters. The van der Waals surface area contributed by atoms with E-state index in [1.165, 1.54) is 0 Å². The first kappa shape index (κ1) is 15.3. The van der Waals surface area contributed by atoms with Gasteiger partial charge in [0.05, 0.1) is 0 Å².